The maximum atomic E-state index is 6.13. The number of rotatable bonds is 9. The van der Waals surface area contributed by atoms with Crippen LogP contribution in [0.25, 0.3) is 44.9 Å². The van der Waals surface area contributed by atoms with E-state index >= 15 is 0 Å². The number of unbranched alkanes of at least 4 members (excludes halogenated alkanes) is 1. The van der Waals surface area contributed by atoms with Crippen molar-refractivity contribution < 1.29 is 0 Å². The van der Waals surface area contributed by atoms with Gasteiger partial charge in [0.15, 0.2) is 11.5 Å². The second kappa shape index (κ2) is 12.9. The third-order valence-corrected chi connectivity index (χ3v) is 8.64. The first kappa shape index (κ1) is 28.7. The van der Waals surface area contributed by atoms with Crippen LogP contribution in [0.3, 0.4) is 0 Å². The Morgan fingerprint density at radius 1 is 0.867 bits per heavy atom. The van der Waals surface area contributed by atoms with E-state index in [0.29, 0.717) is 17.4 Å². The number of nitrogens with zero attached hydrogens (tertiary/aromatic N) is 7. The molecular weight excluding hydrogens is 558 g/mol. The van der Waals surface area contributed by atoms with Crippen molar-refractivity contribution in [3.05, 3.63) is 102 Å². The Balaban J connectivity index is 1.08. The molecule has 0 spiro atoms. The van der Waals surface area contributed by atoms with Crippen LogP contribution in [0.4, 0.5) is 5.95 Å². The van der Waals surface area contributed by atoms with Crippen molar-refractivity contribution in [1.82, 2.24) is 40.0 Å². The van der Waals surface area contributed by atoms with Crippen LogP contribution < -0.4 is 5.73 Å². The normalized spacial score (nSPS) is 14.2. The van der Waals surface area contributed by atoms with Crippen LogP contribution in [-0.2, 0) is 13.0 Å². The number of pyridine rings is 2. The fourth-order valence-electron chi connectivity index (χ4n) is 6.18. The van der Waals surface area contributed by atoms with Gasteiger partial charge in [-0.05, 0) is 68.1 Å². The summed E-state index contributed by atoms with van der Waals surface area (Å²) in [5.41, 5.74) is 14.0. The Hall–Kier alpha value is -5.02. The van der Waals surface area contributed by atoms with E-state index in [9.17, 15) is 0 Å². The molecule has 45 heavy (non-hydrogen) atoms. The number of aromatic nitrogens is 7. The number of anilines is 1. The van der Waals surface area contributed by atoms with Crippen LogP contribution in [0.2, 0.25) is 0 Å². The Morgan fingerprint density at radius 2 is 1.67 bits per heavy atom. The van der Waals surface area contributed by atoms with Crippen molar-refractivity contribution in [2.24, 2.45) is 0 Å². The molecule has 9 heteroatoms. The van der Waals surface area contributed by atoms with Crippen LogP contribution in [-0.4, -0.2) is 53.1 Å². The van der Waals surface area contributed by atoms with Gasteiger partial charge in [-0.2, -0.15) is 10.1 Å². The molecule has 0 unspecified atom stereocenters. The minimum Gasteiger partial charge on any atom is -0.368 e. The fourth-order valence-corrected chi connectivity index (χ4v) is 6.18. The third-order valence-electron chi connectivity index (χ3n) is 8.64. The lowest BCUT2D eigenvalue weighted by atomic mass is 9.95. The molecular formula is C36H37N9. The monoisotopic (exact) mass is 595 g/mol. The third kappa shape index (κ3) is 6.30. The van der Waals surface area contributed by atoms with E-state index in [1.165, 1.54) is 5.56 Å². The summed E-state index contributed by atoms with van der Waals surface area (Å²) in [5, 5.41) is 8.55. The molecule has 0 amide bonds. The van der Waals surface area contributed by atoms with E-state index in [1.54, 1.807) is 6.20 Å². The predicted octanol–water partition coefficient (Wildman–Crippen LogP) is 6.84. The number of nitrogens with one attached hydrogen (secondary N) is 1. The molecule has 7 rings (SSSR count). The summed E-state index contributed by atoms with van der Waals surface area (Å²) in [6, 6.07) is 27.2. The molecule has 0 aliphatic carbocycles. The fraction of sp³-hybridized carbons (Fsp3) is 0.278. The summed E-state index contributed by atoms with van der Waals surface area (Å²) in [7, 11) is 0. The van der Waals surface area contributed by atoms with Crippen LogP contribution in [0.15, 0.2) is 85.1 Å². The number of piperidine rings is 1. The first-order valence-corrected chi connectivity index (χ1v) is 15.8. The molecule has 9 nitrogen and oxygen atoms in total. The van der Waals surface area contributed by atoms with Gasteiger partial charge in [-0.15, -0.1) is 0 Å². The van der Waals surface area contributed by atoms with Crippen LogP contribution >= 0.6 is 0 Å². The first-order valence-electron chi connectivity index (χ1n) is 15.8. The number of likely N-dealkylation sites (tertiary alicyclic amines) is 1. The maximum Gasteiger partial charge on any atom is 0.222 e. The van der Waals surface area contributed by atoms with E-state index in [1.807, 2.05) is 24.3 Å². The largest absolute Gasteiger partial charge is 0.368 e. The highest BCUT2D eigenvalue weighted by Gasteiger charge is 2.24. The molecule has 1 fully saturated rings. The first-order chi connectivity index (χ1) is 22.1. The number of aromatic amines is 1. The Morgan fingerprint density at radius 3 is 2.42 bits per heavy atom. The lowest BCUT2D eigenvalue weighted by Crippen LogP contribution is -2.32. The second-order valence-corrected chi connectivity index (χ2v) is 11.8. The van der Waals surface area contributed by atoms with E-state index in [-0.39, 0.29) is 5.95 Å². The zero-order valence-electron chi connectivity index (χ0n) is 25.5. The van der Waals surface area contributed by atoms with Crippen molar-refractivity contribution in [1.29, 1.82) is 0 Å². The Labute approximate surface area is 263 Å². The number of nitrogens with two attached hydrogens (primary N) is 1. The molecule has 1 aliphatic rings. The highest BCUT2D eigenvalue weighted by atomic mass is 15.2. The van der Waals surface area contributed by atoms with Gasteiger partial charge in [0.05, 0.1) is 11.4 Å². The number of benzene rings is 2. The number of aryl methyl sites for hydroxylation is 1. The Kier molecular flexibility index (Phi) is 8.25. The lowest BCUT2D eigenvalue weighted by molar-refractivity contribution is 0.202. The molecule has 4 aromatic heterocycles. The summed E-state index contributed by atoms with van der Waals surface area (Å²) in [5.74, 6) is 2.28. The average Bonchev–Trinajstić information content (AvgIpc) is 3.59. The highest BCUT2D eigenvalue weighted by Crippen LogP contribution is 2.35. The van der Waals surface area contributed by atoms with Gasteiger partial charge in [0, 0.05) is 35.2 Å². The summed E-state index contributed by atoms with van der Waals surface area (Å²) in [6.07, 6.45) is 6.84. The summed E-state index contributed by atoms with van der Waals surface area (Å²) in [6.45, 7) is 5.11. The lowest BCUT2D eigenvalue weighted by Gasteiger charge is -2.31. The van der Waals surface area contributed by atoms with E-state index in [2.05, 4.69) is 91.6 Å². The van der Waals surface area contributed by atoms with Crippen molar-refractivity contribution in [3.8, 4) is 33.9 Å². The van der Waals surface area contributed by atoms with Gasteiger partial charge >= 0.3 is 0 Å². The molecule has 0 atom stereocenters. The number of nitrogen functional groups attached to an aromatic ring is 1. The summed E-state index contributed by atoms with van der Waals surface area (Å²) in [4.78, 5) is 25.9. The highest BCUT2D eigenvalue weighted by molar-refractivity contribution is 5.91. The maximum absolute atomic E-state index is 6.13. The van der Waals surface area contributed by atoms with Crippen LogP contribution in [0, 0.1) is 0 Å². The molecule has 5 heterocycles. The zero-order chi connectivity index (χ0) is 30.6. The van der Waals surface area contributed by atoms with Gasteiger partial charge < -0.3 is 5.73 Å². The number of H-pyrrole nitrogens is 1. The van der Waals surface area contributed by atoms with Gasteiger partial charge in [-0.25, -0.2) is 15.0 Å². The topological polar surface area (TPSA) is 122 Å². The predicted molar refractivity (Wildman–Crippen MR) is 178 cm³/mol. The summed E-state index contributed by atoms with van der Waals surface area (Å²) >= 11 is 0. The van der Waals surface area contributed by atoms with Crippen molar-refractivity contribution >= 4 is 17.0 Å². The number of fused-ring (bicyclic) bond motifs is 1. The molecule has 0 saturated carbocycles. The van der Waals surface area contributed by atoms with E-state index in [4.69, 9.17) is 15.7 Å². The number of hydrogen-bond acceptors (Lipinski definition) is 8. The molecule has 6 aromatic rings. The molecule has 1 aliphatic heterocycles. The quantitative estimate of drug-likeness (QED) is 0.186. The standard InChI is InChI=1S/C36H37N9/c1-2-3-11-30-29-22-28(25-9-5-4-6-10-25)32(40-34(29)42-36(37)39-30)26-15-13-24(14-16-26)23-45-20-17-27(18-21-45)33-41-35(44-43-33)31-12-7-8-19-38-31/h4-10,12-16,19,22,27H,2-3,11,17-18,20-21,23H2,1H3,(H,41,43,44)(H2,37,39,40,42). The van der Waals surface area contributed by atoms with Crippen LogP contribution in [0.5, 0.6) is 0 Å². The molecule has 3 N–H and O–H groups in total. The van der Waals surface area contributed by atoms with Gasteiger partial charge in [0.1, 0.15) is 11.5 Å². The second-order valence-electron chi connectivity index (χ2n) is 11.8. The molecule has 0 radical (unpaired) electrons. The van der Waals surface area contributed by atoms with Gasteiger partial charge in [0.2, 0.25) is 5.95 Å². The van der Waals surface area contributed by atoms with Crippen LogP contribution in [0.1, 0.15) is 55.6 Å². The SMILES string of the molecule is CCCCc1nc(N)nc2nc(-c3ccc(CN4CCC(c5nc(-c6ccccn6)n[nH]5)CC4)cc3)c(-c3ccccc3)cc12. The number of hydrogen-bond donors (Lipinski definition) is 2. The van der Waals surface area contributed by atoms with Gasteiger partial charge in [0.25, 0.3) is 0 Å². The van der Waals surface area contributed by atoms with E-state index in [0.717, 1.165) is 96.7 Å². The molecule has 0 bridgehead atoms. The zero-order valence-corrected chi connectivity index (χ0v) is 25.5. The van der Waals surface area contributed by atoms with E-state index < -0.39 is 0 Å². The average molecular weight is 596 g/mol. The summed E-state index contributed by atoms with van der Waals surface area (Å²) < 4.78 is 0. The minimum absolute atomic E-state index is 0.274. The van der Waals surface area contributed by atoms with Crippen molar-refractivity contribution in [2.45, 2.75) is 51.5 Å². The molecule has 226 valence electrons. The Bertz CT molecular complexity index is 1880. The van der Waals surface area contributed by atoms with Crippen molar-refractivity contribution in [2.75, 3.05) is 18.8 Å². The van der Waals surface area contributed by atoms with Gasteiger partial charge in [-0.3, -0.25) is 15.0 Å². The molecule has 1 saturated heterocycles. The smallest absolute Gasteiger partial charge is 0.222 e. The minimum atomic E-state index is 0.274. The van der Waals surface area contributed by atoms with Gasteiger partial charge in [-0.1, -0.05) is 74.0 Å². The van der Waals surface area contributed by atoms with Crippen molar-refractivity contribution in [3.63, 3.8) is 0 Å². The molecule has 2 aromatic carbocycles.